The molecule has 0 bridgehead atoms. The zero-order chi connectivity index (χ0) is 11.4. The molecule has 0 fully saturated rings. The van der Waals surface area contributed by atoms with Gasteiger partial charge in [-0.3, -0.25) is 0 Å². The van der Waals surface area contributed by atoms with Gasteiger partial charge in [-0.05, 0) is 49.9 Å². The summed E-state index contributed by atoms with van der Waals surface area (Å²) in [5, 5.41) is 3.51. The van der Waals surface area contributed by atoms with E-state index in [1.807, 2.05) is 12.1 Å². The molecule has 1 rings (SSSR count). The van der Waals surface area contributed by atoms with E-state index in [9.17, 15) is 0 Å². The number of nitrogens with one attached hydrogen (secondary N) is 1. The minimum absolute atomic E-state index is 0.507. The lowest BCUT2D eigenvalue weighted by Crippen LogP contribution is -2.18. The Balaban J connectivity index is 2.64. The fourth-order valence-electron chi connectivity index (χ4n) is 1.88. The van der Waals surface area contributed by atoms with E-state index in [-0.39, 0.29) is 0 Å². The first kappa shape index (κ1) is 11.9. The molecule has 15 heavy (non-hydrogen) atoms. The molecule has 1 aromatic rings. The Hall–Kier alpha value is -1.18. The molecule has 84 valence electrons. The molecule has 0 aliphatic rings. The summed E-state index contributed by atoms with van der Waals surface area (Å²) >= 11 is 0. The van der Waals surface area contributed by atoms with Gasteiger partial charge in [0.25, 0.3) is 0 Å². The van der Waals surface area contributed by atoms with E-state index in [0.29, 0.717) is 6.04 Å². The number of hydrogen-bond donors (Lipinski definition) is 2. The van der Waals surface area contributed by atoms with Crippen molar-refractivity contribution in [2.45, 2.75) is 40.2 Å². The molecule has 0 aliphatic heterocycles. The first-order chi connectivity index (χ1) is 6.99. The van der Waals surface area contributed by atoms with Gasteiger partial charge in [-0.25, -0.2) is 0 Å². The first-order valence-corrected chi connectivity index (χ1v) is 5.61. The maximum atomic E-state index is 5.71. The van der Waals surface area contributed by atoms with Gasteiger partial charge in [0, 0.05) is 17.4 Å². The molecule has 0 saturated heterocycles. The molecule has 1 atom stereocenters. The maximum Gasteiger partial charge on any atom is 0.0373 e. The highest BCUT2D eigenvalue weighted by molar-refractivity contribution is 5.57. The summed E-state index contributed by atoms with van der Waals surface area (Å²) in [7, 11) is 0. The van der Waals surface area contributed by atoms with Gasteiger partial charge < -0.3 is 11.1 Å². The molecule has 0 spiro atoms. The van der Waals surface area contributed by atoms with E-state index < -0.39 is 0 Å². The zero-order valence-electron chi connectivity index (χ0n) is 10.2. The highest BCUT2D eigenvalue weighted by Gasteiger charge is 2.06. The van der Waals surface area contributed by atoms with Crippen LogP contribution in [0.15, 0.2) is 18.2 Å². The molecule has 0 radical (unpaired) electrons. The van der Waals surface area contributed by atoms with Crippen molar-refractivity contribution in [3.8, 4) is 0 Å². The van der Waals surface area contributed by atoms with E-state index in [4.69, 9.17) is 5.73 Å². The molecular formula is C13H22N2. The third-order valence-electron chi connectivity index (χ3n) is 2.48. The van der Waals surface area contributed by atoms with Gasteiger partial charge >= 0.3 is 0 Å². The topological polar surface area (TPSA) is 38.0 Å². The SMILES string of the molecule is Cc1cc(N)ccc1NC(C)CC(C)C. The molecule has 2 nitrogen and oxygen atoms in total. The number of benzene rings is 1. The van der Waals surface area contributed by atoms with E-state index in [1.54, 1.807) is 0 Å². The molecule has 0 saturated carbocycles. The number of hydrogen-bond acceptors (Lipinski definition) is 2. The van der Waals surface area contributed by atoms with Gasteiger partial charge in [-0.2, -0.15) is 0 Å². The number of nitrogens with two attached hydrogens (primary N) is 1. The summed E-state index contributed by atoms with van der Waals surface area (Å²) in [5.74, 6) is 0.724. The van der Waals surface area contributed by atoms with Crippen LogP contribution in [0.25, 0.3) is 0 Å². The van der Waals surface area contributed by atoms with Crippen molar-refractivity contribution in [1.82, 2.24) is 0 Å². The Morgan fingerprint density at radius 3 is 2.47 bits per heavy atom. The van der Waals surface area contributed by atoms with Crippen LogP contribution < -0.4 is 11.1 Å². The molecular weight excluding hydrogens is 184 g/mol. The quantitative estimate of drug-likeness (QED) is 0.741. The van der Waals surface area contributed by atoms with Crippen molar-refractivity contribution >= 4 is 11.4 Å². The second-order valence-corrected chi connectivity index (χ2v) is 4.75. The fourth-order valence-corrected chi connectivity index (χ4v) is 1.88. The van der Waals surface area contributed by atoms with Crippen molar-refractivity contribution in [3.63, 3.8) is 0 Å². The van der Waals surface area contributed by atoms with Crippen molar-refractivity contribution in [2.75, 3.05) is 11.1 Å². The van der Waals surface area contributed by atoms with Gasteiger partial charge in [0.1, 0.15) is 0 Å². The van der Waals surface area contributed by atoms with Crippen LogP contribution >= 0.6 is 0 Å². The second-order valence-electron chi connectivity index (χ2n) is 4.75. The van der Waals surface area contributed by atoms with Crippen LogP contribution in [0.5, 0.6) is 0 Å². The van der Waals surface area contributed by atoms with Gasteiger partial charge in [0.2, 0.25) is 0 Å². The average Bonchev–Trinajstić information content (AvgIpc) is 2.08. The Labute approximate surface area is 92.9 Å². The predicted octanol–water partition coefficient (Wildman–Crippen LogP) is 3.42. The lowest BCUT2D eigenvalue weighted by Gasteiger charge is -2.18. The van der Waals surface area contributed by atoms with Gasteiger partial charge in [-0.15, -0.1) is 0 Å². The summed E-state index contributed by atoms with van der Waals surface area (Å²) in [5.41, 5.74) is 8.95. The van der Waals surface area contributed by atoms with E-state index in [1.165, 1.54) is 17.7 Å². The largest absolute Gasteiger partial charge is 0.399 e. The molecule has 1 unspecified atom stereocenters. The molecule has 0 amide bonds. The van der Waals surface area contributed by atoms with Crippen LogP contribution in [0.2, 0.25) is 0 Å². The smallest absolute Gasteiger partial charge is 0.0373 e. The van der Waals surface area contributed by atoms with Crippen LogP contribution in [0.3, 0.4) is 0 Å². The normalized spacial score (nSPS) is 12.9. The minimum Gasteiger partial charge on any atom is -0.399 e. The Morgan fingerprint density at radius 1 is 1.27 bits per heavy atom. The molecule has 0 aromatic heterocycles. The molecule has 0 aliphatic carbocycles. The summed E-state index contributed by atoms with van der Waals surface area (Å²) in [6.07, 6.45) is 1.18. The summed E-state index contributed by atoms with van der Waals surface area (Å²) in [6, 6.07) is 6.51. The number of anilines is 2. The van der Waals surface area contributed by atoms with E-state index in [0.717, 1.165) is 11.6 Å². The molecule has 2 heteroatoms. The monoisotopic (exact) mass is 206 g/mol. The fraction of sp³-hybridized carbons (Fsp3) is 0.538. The molecule has 1 aromatic carbocycles. The van der Waals surface area contributed by atoms with Gasteiger partial charge in [0.05, 0.1) is 0 Å². The Morgan fingerprint density at radius 2 is 1.93 bits per heavy atom. The summed E-state index contributed by atoms with van der Waals surface area (Å²) in [6.45, 7) is 8.79. The lowest BCUT2D eigenvalue weighted by atomic mass is 10.0. The summed E-state index contributed by atoms with van der Waals surface area (Å²) in [4.78, 5) is 0. The number of aryl methyl sites for hydroxylation is 1. The number of rotatable bonds is 4. The van der Waals surface area contributed by atoms with E-state index >= 15 is 0 Å². The molecule has 0 heterocycles. The first-order valence-electron chi connectivity index (χ1n) is 5.61. The van der Waals surface area contributed by atoms with Crippen LogP contribution in [0.4, 0.5) is 11.4 Å². The van der Waals surface area contributed by atoms with Crippen LogP contribution in [0, 0.1) is 12.8 Å². The minimum atomic E-state index is 0.507. The molecule has 3 N–H and O–H groups in total. The summed E-state index contributed by atoms with van der Waals surface area (Å²) < 4.78 is 0. The third-order valence-corrected chi connectivity index (χ3v) is 2.48. The van der Waals surface area contributed by atoms with Crippen molar-refractivity contribution in [1.29, 1.82) is 0 Å². The standard InChI is InChI=1S/C13H22N2/c1-9(2)7-11(4)15-13-6-5-12(14)8-10(13)3/h5-6,8-9,11,15H,7,14H2,1-4H3. The second kappa shape index (κ2) is 5.06. The third kappa shape index (κ3) is 3.82. The predicted molar refractivity (Wildman–Crippen MR) is 68.1 cm³/mol. The zero-order valence-corrected chi connectivity index (χ0v) is 10.2. The lowest BCUT2D eigenvalue weighted by molar-refractivity contribution is 0.539. The Kier molecular flexibility index (Phi) is 4.01. The Bertz CT molecular complexity index is 318. The van der Waals surface area contributed by atoms with Crippen LogP contribution in [-0.4, -0.2) is 6.04 Å². The van der Waals surface area contributed by atoms with Gasteiger partial charge in [0.15, 0.2) is 0 Å². The highest BCUT2D eigenvalue weighted by Crippen LogP contribution is 2.19. The van der Waals surface area contributed by atoms with Crippen molar-refractivity contribution in [2.24, 2.45) is 5.92 Å². The number of nitrogen functional groups attached to an aromatic ring is 1. The average molecular weight is 206 g/mol. The van der Waals surface area contributed by atoms with E-state index in [2.05, 4.69) is 39.1 Å². The van der Waals surface area contributed by atoms with Crippen molar-refractivity contribution < 1.29 is 0 Å². The van der Waals surface area contributed by atoms with Crippen LogP contribution in [-0.2, 0) is 0 Å². The van der Waals surface area contributed by atoms with Crippen LogP contribution in [0.1, 0.15) is 32.8 Å². The van der Waals surface area contributed by atoms with Gasteiger partial charge in [-0.1, -0.05) is 13.8 Å². The highest BCUT2D eigenvalue weighted by atomic mass is 14.9. The van der Waals surface area contributed by atoms with Crippen molar-refractivity contribution in [3.05, 3.63) is 23.8 Å². The maximum absolute atomic E-state index is 5.71.